The molecular formula is C42H53N3O3. The van der Waals surface area contributed by atoms with E-state index in [-0.39, 0.29) is 51.2 Å². The minimum absolute atomic E-state index is 0.0412. The van der Waals surface area contributed by atoms with Crippen molar-refractivity contribution in [1.82, 2.24) is 9.97 Å². The van der Waals surface area contributed by atoms with Gasteiger partial charge in [-0.25, -0.2) is 16.5 Å². The lowest BCUT2D eigenvalue weighted by molar-refractivity contribution is -0.191. The van der Waals surface area contributed by atoms with Crippen molar-refractivity contribution in [2.45, 2.75) is 119 Å². The number of hydrogen-bond donors (Lipinski definition) is 0. The molecule has 0 radical (unpaired) electrons. The van der Waals surface area contributed by atoms with Gasteiger partial charge in [-0.05, 0) is 102 Å². The number of aromatic nitrogens is 2. The number of ketones is 1. The zero-order chi connectivity index (χ0) is 34.3. The van der Waals surface area contributed by atoms with Crippen LogP contribution in [-0.2, 0) is 20.9 Å². The quantitative estimate of drug-likeness (QED) is 0.244. The summed E-state index contributed by atoms with van der Waals surface area (Å²) in [6, 6.07) is 9.44. The fraction of sp³-hybridized carbons (Fsp3) is 0.643. The summed E-state index contributed by atoms with van der Waals surface area (Å²) >= 11 is 0. The van der Waals surface area contributed by atoms with Gasteiger partial charge in [0, 0.05) is 29.8 Å². The van der Waals surface area contributed by atoms with Crippen LogP contribution in [0.15, 0.2) is 54.6 Å². The van der Waals surface area contributed by atoms with E-state index in [2.05, 4.69) is 63.3 Å². The zero-order valence-electron chi connectivity index (χ0n) is 30.1. The highest BCUT2D eigenvalue weighted by Gasteiger charge is 2.72. The second kappa shape index (κ2) is 11.1. The zero-order valence-corrected chi connectivity index (χ0v) is 30.1. The standard InChI is InChI=1S/C42H53N3O3/c1-37(2)16-18-42(36(47)48-25-27-12-10-9-11-13-27)19-17-41(7)34(30(42)21-37)29(28-23-44-26-45-24-28)20-33-39(5)22-31(43-8)35(46)38(3,4)32(39)14-15-40(33,41)6/h9-13,23-24,26,30-33H,14-22,25H2,1-7H3/t30?,31?,32?,33?,39-,40+,41+,42-/m0/s1. The van der Waals surface area contributed by atoms with Crippen molar-refractivity contribution in [3.63, 3.8) is 0 Å². The normalized spacial score (nSPS) is 39.6. The summed E-state index contributed by atoms with van der Waals surface area (Å²) in [4.78, 5) is 41.3. The Bertz CT molecular complexity index is 1690. The minimum atomic E-state index is -0.595. The number of Topliss-reactive ketones (excluding diaryl/α,β-unsaturated/α-hetero) is 1. The maximum Gasteiger partial charge on any atom is 0.313 e. The number of hydrogen-bond acceptors (Lipinski definition) is 5. The molecule has 1 aromatic carbocycles. The van der Waals surface area contributed by atoms with Gasteiger partial charge in [0.05, 0.1) is 5.41 Å². The molecule has 0 aliphatic heterocycles. The molecule has 1 heterocycles. The third-order valence-electron chi connectivity index (χ3n) is 15.1. The van der Waals surface area contributed by atoms with Gasteiger partial charge in [-0.1, -0.05) is 84.4 Å². The second-order valence-electron chi connectivity index (χ2n) is 18.2. The van der Waals surface area contributed by atoms with Gasteiger partial charge < -0.3 is 9.58 Å². The monoisotopic (exact) mass is 647 g/mol. The maximum absolute atomic E-state index is 14.6. The molecule has 0 amide bonds. The maximum atomic E-state index is 14.6. The number of carbonyl (C=O) groups excluding carboxylic acids is 2. The van der Waals surface area contributed by atoms with E-state index >= 15 is 0 Å². The number of rotatable bonds is 4. The van der Waals surface area contributed by atoms with Gasteiger partial charge in [0.15, 0.2) is 0 Å². The lowest BCUT2D eigenvalue weighted by atomic mass is 9.32. The van der Waals surface area contributed by atoms with Crippen LogP contribution in [0.3, 0.4) is 0 Å². The molecule has 0 saturated heterocycles. The largest absolute Gasteiger partial charge is 0.460 e. The van der Waals surface area contributed by atoms with E-state index in [9.17, 15) is 9.59 Å². The number of nitrogens with zero attached hydrogens (tertiary/aromatic N) is 3. The molecule has 5 aliphatic carbocycles. The smallest absolute Gasteiger partial charge is 0.313 e. The van der Waals surface area contributed by atoms with Crippen molar-refractivity contribution in [2.24, 2.45) is 50.2 Å². The molecule has 4 unspecified atom stereocenters. The third kappa shape index (κ3) is 4.62. The summed E-state index contributed by atoms with van der Waals surface area (Å²) in [5, 5.41) is 0. The van der Waals surface area contributed by atoms with Crippen molar-refractivity contribution in [3.05, 3.63) is 77.2 Å². The minimum Gasteiger partial charge on any atom is -0.460 e. The molecule has 4 fully saturated rings. The molecule has 6 nitrogen and oxygen atoms in total. The Morgan fingerprint density at radius 2 is 1.60 bits per heavy atom. The van der Waals surface area contributed by atoms with E-state index in [1.54, 1.807) is 6.33 Å². The number of allylic oxidation sites excluding steroid dienone is 2. The van der Waals surface area contributed by atoms with Gasteiger partial charge in [0.1, 0.15) is 12.9 Å². The van der Waals surface area contributed by atoms with Crippen LogP contribution >= 0.6 is 0 Å². The van der Waals surface area contributed by atoms with Crippen LogP contribution in [0.25, 0.3) is 10.4 Å². The van der Waals surface area contributed by atoms with E-state index in [4.69, 9.17) is 11.3 Å². The van der Waals surface area contributed by atoms with Gasteiger partial charge >= 0.3 is 5.97 Å². The van der Waals surface area contributed by atoms with Crippen molar-refractivity contribution in [1.29, 1.82) is 0 Å². The summed E-state index contributed by atoms with van der Waals surface area (Å²) in [6.45, 7) is 24.8. The van der Waals surface area contributed by atoms with E-state index in [0.29, 0.717) is 13.0 Å². The van der Waals surface area contributed by atoms with Gasteiger partial charge in [0.25, 0.3) is 6.04 Å². The van der Waals surface area contributed by atoms with E-state index in [1.165, 1.54) is 11.1 Å². The Morgan fingerprint density at radius 3 is 2.29 bits per heavy atom. The Morgan fingerprint density at radius 1 is 0.917 bits per heavy atom. The second-order valence-corrected chi connectivity index (χ2v) is 18.2. The molecule has 254 valence electrons. The molecular weight excluding hydrogens is 594 g/mol. The topological polar surface area (TPSA) is 73.5 Å². The molecule has 6 heteroatoms. The highest BCUT2D eigenvalue weighted by atomic mass is 16.5. The Hall–Kier alpha value is -3.33. The van der Waals surface area contributed by atoms with Gasteiger partial charge in [-0.3, -0.25) is 9.59 Å². The van der Waals surface area contributed by atoms with E-state index < -0.39 is 16.9 Å². The lowest BCUT2D eigenvalue weighted by Gasteiger charge is -2.71. The van der Waals surface area contributed by atoms with E-state index in [1.807, 2.05) is 42.7 Å². The van der Waals surface area contributed by atoms with Crippen molar-refractivity contribution < 1.29 is 14.3 Å². The van der Waals surface area contributed by atoms with Crippen LogP contribution in [0.5, 0.6) is 0 Å². The SMILES string of the molecule is [C-]#[N+]C1C[C@@]2(C)C(CC[C@]3(C)C2CC(c2cncnc2)=C2C4CC(C)(C)CC[C@]4(C(=O)OCc4ccccc4)CC[C@]23C)C(C)(C)C1=O. The molecule has 0 N–H and O–H groups in total. The molecule has 0 bridgehead atoms. The van der Waals surface area contributed by atoms with Gasteiger partial charge in [-0.15, -0.1) is 0 Å². The van der Waals surface area contributed by atoms with Gasteiger partial charge in [-0.2, -0.15) is 0 Å². The molecule has 8 atom stereocenters. The highest BCUT2D eigenvalue weighted by molar-refractivity contribution is 5.92. The first-order chi connectivity index (χ1) is 22.6. The van der Waals surface area contributed by atoms with E-state index in [0.717, 1.165) is 62.5 Å². The van der Waals surface area contributed by atoms with Crippen molar-refractivity contribution >= 4 is 17.3 Å². The fourth-order valence-corrected chi connectivity index (χ4v) is 12.4. The van der Waals surface area contributed by atoms with Crippen LogP contribution in [0, 0.1) is 56.8 Å². The number of esters is 1. The molecule has 4 saturated carbocycles. The van der Waals surface area contributed by atoms with Crippen LogP contribution < -0.4 is 0 Å². The first kappa shape index (κ1) is 33.2. The van der Waals surface area contributed by atoms with Crippen LogP contribution in [0.4, 0.5) is 0 Å². The van der Waals surface area contributed by atoms with Crippen molar-refractivity contribution in [2.75, 3.05) is 0 Å². The molecule has 2 aromatic rings. The van der Waals surface area contributed by atoms with Crippen LogP contribution in [0.2, 0.25) is 0 Å². The first-order valence-electron chi connectivity index (χ1n) is 18.2. The predicted octanol–water partition coefficient (Wildman–Crippen LogP) is 9.32. The van der Waals surface area contributed by atoms with Crippen LogP contribution in [-0.4, -0.2) is 27.8 Å². The fourth-order valence-electron chi connectivity index (χ4n) is 12.4. The van der Waals surface area contributed by atoms with Crippen molar-refractivity contribution in [3.8, 4) is 0 Å². The predicted molar refractivity (Wildman–Crippen MR) is 187 cm³/mol. The number of ether oxygens (including phenoxy) is 1. The summed E-state index contributed by atoms with van der Waals surface area (Å²) in [5.41, 5.74) is 3.39. The number of benzene rings is 1. The summed E-state index contributed by atoms with van der Waals surface area (Å²) in [5.74, 6) is 0.636. The Kier molecular flexibility index (Phi) is 7.67. The molecule has 7 rings (SSSR count). The third-order valence-corrected chi connectivity index (χ3v) is 15.1. The lowest BCUT2D eigenvalue weighted by Crippen LogP contribution is -2.66. The average Bonchev–Trinajstić information content (AvgIpc) is 3.06. The molecule has 1 aromatic heterocycles. The summed E-state index contributed by atoms with van der Waals surface area (Å²) in [7, 11) is 0. The summed E-state index contributed by atoms with van der Waals surface area (Å²) < 4.78 is 6.28. The highest BCUT2D eigenvalue weighted by Crippen LogP contribution is 2.77. The Balaban J connectivity index is 1.40. The summed E-state index contributed by atoms with van der Waals surface area (Å²) in [6.07, 6.45) is 13.5. The molecule has 48 heavy (non-hydrogen) atoms. The molecule has 0 spiro atoms. The number of carbonyl (C=O) groups is 2. The number of fused-ring (bicyclic) bond motifs is 7. The van der Waals surface area contributed by atoms with Gasteiger partial charge in [0.2, 0.25) is 5.78 Å². The van der Waals surface area contributed by atoms with Crippen LogP contribution in [0.1, 0.15) is 117 Å². The molecule has 5 aliphatic rings. The Labute approximate surface area is 287 Å². The average molecular weight is 648 g/mol. The first-order valence-corrected chi connectivity index (χ1v) is 18.2.